The molecule has 0 saturated heterocycles. The van der Waals surface area contributed by atoms with Crippen LogP contribution >= 0.6 is 0 Å². The summed E-state index contributed by atoms with van der Waals surface area (Å²) in [5, 5.41) is 9.16. The second kappa shape index (κ2) is 11.0. The first-order valence-corrected chi connectivity index (χ1v) is 9.12. The van der Waals surface area contributed by atoms with Crippen molar-refractivity contribution in [3.8, 4) is 0 Å². The van der Waals surface area contributed by atoms with E-state index in [1.807, 2.05) is 24.3 Å². The second-order valence-corrected chi connectivity index (χ2v) is 6.19. The number of carbonyl (C=O) groups is 1. The number of rotatable bonds is 8. The van der Waals surface area contributed by atoms with Crippen molar-refractivity contribution >= 4 is 11.9 Å². The predicted octanol–water partition coefficient (Wildman–Crippen LogP) is 2.53. The van der Waals surface area contributed by atoms with Crippen molar-refractivity contribution in [2.24, 2.45) is 4.99 Å². The molecule has 0 unspecified atom stereocenters. The Bertz CT molecular complexity index is 776. The van der Waals surface area contributed by atoms with Gasteiger partial charge in [-0.2, -0.15) is 0 Å². The van der Waals surface area contributed by atoms with Crippen LogP contribution in [0.25, 0.3) is 0 Å². The van der Waals surface area contributed by atoms with Gasteiger partial charge in [-0.05, 0) is 54.7 Å². The highest BCUT2D eigenvalue weighted by molar-refractivity contribution is 5.94. The zero-order valence-corrected chi connectivity index (χ0v) is 15.9. The van der Waals surface area contributed by atoms with E-state index in [9.17, 15) is 9.18 Å². The molecule has 0 radical (unpaired) electrons. The van der Waals surface area contributed by atoms with E-state index in [1.54, 1.807) is 32.3 Å². The van der Waals surface area contributed by atoms with E-state index in [2.05, 4.69) is 20.9 Å². The number of aliphatic imine (C=N–C) groups is 1. The number of carbonyl (C=O) groups excluding carboxylic acids is 1. The number of nitrogens with zero attached hydrogens (tertiary/aromatic N) is 1. The zero-order valence-electron chi connectivity index (χ0n) is 15.9. The fraction of sp³-hybridized carbons (Fsp3) is 0.333. The summed E-state index contributed by atoms with van der Waals surface area (Å²) in [5.74, 6) is 0.454. The van der Waals surface area contributed by atoms with E-state index in [1.165, 1.54) is 6.07 Å². The summed E-state index contributed by atoms with van der Waals surface area (Å²) in [6.45, 7) is 1.46. The third-order valence-corrected chi connectivity index (χ3v) is 4.17. The molecule has 2 aromatic rings. The number of guanidine groups is 1. The lowest BCUT2D eigenvalue weighted by Gasteiger charge is -2.12. The Hall–Kier alpha value is -2.89. The lowest BCUT2D eigenvalue weighted by molar-refractivity contribution is 0.0963. The van der Waals surface area contributed by atoms with Crippen LogP contribution in [0, 0.1) is 5.82 Å². The predicted molar refractivity (Wildman–Crippen MR) is 108 cm³/mol. The average molecular weight is 370 g/mol. The molecule has 2 rings (SSSR count). The van der Waals surface area contributed by atoms with Crippen molar-refractivity contribution in [3.63, 3.8) is 0 Å². The van der Waals surface area contributed by atoms with Crippen LogP contribution in [0.3, 0.4) is 0 Å². The molecule has 0 aliphatic rings. The highest BCUT2D eigenvalue weighted by atomic mass is 19.1. The zero-order chi connectivity index (χ0) is 19.5. The van der Waals surface area contributed by atoms with Gasteiger partial charge in [0.25, 0.3) is 5.91 Å². The maximum Gasteiger partial charge on any atom is 0.251 e. The highest BCUT2D eigenvalue weighted by Gasteiger charge is 2.04. The van der Waals surface area contributed by atoms with Gasteiger partial charge in [0.15, 0.2) is 5.96 Å². The number of nitrogens with one attached hydrogen (secondary N) is 3. The molecule has 0 aliphatic carbocycles. The van der Waals surface area contributed by atoms with E-state index in [0.29, 0.717) is 12.1 Å². The van der Waals surface area contributed by atoms with Gasteiger partial charge in [-0.15, -0.1) is 0 Å². The molecule has 0 heterocycles. The molecular weight excluding hydrogens is 343 g/mol. The maximum atomic E-state index is 13.2. The van der Waals surface area contributed by atoms with E-state index in [-0.39, 0.29) is 11.7 Å². The first kappa shape index (κ1) is 20.4. The Morgan fingerprint density at radius 1 is 1.00 bits per heavy atom. The van der Waals surface area contributed by atoms with Crippen molar-refractivity contribution in [2.75, 3.05) is 27.2 Å². The van der Waals surface area contributed by atoms with Crippen LogP contribution in [-0.2, 0) is 12.8 Å². The monoisotopic (exact) mass is 370 g/mol. The number of aryl methyl sites for hydroxylation is 1. The normalized spacial score (nSPS) is 11.1. The minimum atomic E-state index is -0.196. The minimum absolute atomic E-state index is 0.0828. The minimum Gasteiger partial charge on any atom is -0.356 e. The van der Waals surface area contributed by atoms with Crippen molar-refractivity contribution in [2.45, 2.75) is 19.3 Å². The summed E-state index contributed by atoms with van der Waals surface area (Å²) in [5.41, 5.74) is 2.75. The molecule has 5 nitrogen and oxygen atoms in total. The number of benzene rings is 2. The highest BCUT2D eigenvalue weighted by Crippen LogP contribution is 2.06. The number of hydrogen-bond donors (Lipinski definition) is 3. The van der Waals surface area contributed by atoms with Crippen LogP contribution in [0.1, 0.15) is 27.9 Å². The first-order valence-electron chi connectivity index (χ1n) is 9.12. The van der Waals surface area contributed by atoms with E-state index in [0.717, 1.165) is 42.9 Å². The molecule has 144 valence electrons. The molecule has 0 atom stereocenters. The molecule has 0 bridgehead atoms. The molecule has 3 N–H and O–H groups in total. The molecule has 0 aliphatic heterocycles. The molecule has 0 spiro atoms. The van der Waals surface area contributed by atoms with Crippen molar-refractivity contribution in [1.82, 2.24) is 16.0 Å². The fourth-order valence-corrected chi connectivity index (χ4v) is 2.75. The van der Waals surface area contributed by atoms with Crippen molar-refractivity contribution < 1.29 is 9.18 Å². The quantitative estimate of drug-likeness (QED) is 0.380. The summed E-state index contributed by atoms with van der Waals surface area (Å²) in [6, 6.07) is 14.3. The third kappa shape index (κ3) is 7.09. The maximum absolute atomic E-state index is 13.2. The largest absolute Gasteiger partial charge is 0.356 e. The van der Waals surface area contributed by atoms with Crippen LogP contribution in [-0.4, -0.2) is 39.1 Å². The van der Waals surface area contributed by atoms with Gasteiger partial charge in [-0.25, -0.2) is 4.39 Å². The second-order valence-electron chi connectivity index (χ2n) is 6.19. The Balaban J connectivity index is 1.70. The van der Waals surface area contributed by atoms with Crippen LogP contribution in [0.5, 0.6) is 0 Å². The van der Waals surface area contributed by atoms with E-state index >= 15 is 0 Å². The lowest BCUT2D eigenvalue weighted by Crippen LogP contribution is -2.38. The fourth-order valence-electron chi connectivity index (χ4n) is 2.75. The summed E-state index contributed by atoms with van der Waals surface area (Å²) in [7, 11) is 3.36. The van der Waals surface area contributed by atoms with Crippen molar-refractivity contribution in [3.05, 3.63) is 71.0 Å². The smallest absolute Gasteiger partial charge is 0.251 e. The standard InChI is InChI=1S/C21H27FN4O/c1-23-20(27)18-9-3-6-17(14-18)11-13-26-21(24-2)25-12-5-8-16-7-4-10-19(22)15-16/h3-4,6-7,9-10,14-15H,5,8,11-13H2,1-2H3,(H,23,27)(H2,24,25,26). The summed E-state index contributed by atoms with van der Waals surface area (Å²) >= 11 is 0. The van der Waals surface area contributed by atoms with Gasteiger partial charge in [0.1, 0.15) is 5.82 Å². The SMILES string of the molecule is CN=C(NCCCc1cccc(F)c1)NCCc1cccc(C(=O)NC)c1. The molecule has 6 heteroatoms. The van der Waals surface area contributed by atoms with Crippen LogP contribution in [0.15, 0.2) is 53.5 Å². The molecule has 2 aromatic carbocycles. The van der Waals surface area contributed by atoms with E-state index < -0.39 is 0 Å². The summed E-state index contributed by atoms with van der Waals surface area (Å²) in [4.78, 5) is 15.9. The van der Waals surface area contributed by atoms with E-state index in [4.69, 9.17) is 0 Å². The van der Waals surface area contributed by atoms with Gasteiger partial charge in [-0.1, -0.05) is 24.3 Å². The summed E-state index contributed by atoms with van der Waals surface area (Å²) < 4.78 is 13.2. The molecule has 0 saturated carbocycles. The average Bonchev–Trinajstić information content (AvgIpc) is 2.69. The third-order valence-electron chi connectivity index (χ3n) is 4.17. The van der Waals surface area contributed by atoms with Crippen molar-refractivity contribution in [1.29, 1.82) is 0 Å². The van der Waals surface area contributed by atoms with Gasteiger partial charge in [0, 0.05) is 32.7 Å². The Labute approximate surface area is 160 Å². The van der Waals surface area contributed by atoms with Gasteiger partial charge in [0.05, 0.1) is 0 Å². The van der Waals surface area contributed by atoms with Gasteiger partial charge >= 0.3 is 0 Å². The molecular formula is C21H27FN4O. The van der Waals surface area contributed by atoms with Crippen LogP contribution in [0.2, 0.25) is 0 Å². The number of amides is 1. The topological polar surface area (TPSA) is 65.5 Å². The number of halogens is 1. The number of hydrogen-bond acceptors (Lipinski definition) is 2. The molecule has 27 heavy (non-hydrogen) atoms. The van der Waals surface area contributed by atoms with Crippen LogP contribution in [0.4, 0.5) is 4.39 Å². The van der Waals surface area contributed by atoms with Gasteiger partial charge < -0.3 is 16.0 Å². The van der Waals surface area contributed by atoms with Gasteiger partial charge in [0.2, 0.25) is 0 Å². The Morgan fingerprint density at radius 2 is 1.70 bits per heavy atom. The van der Waals surface area contributed by atoms with Gasteiger partial charge in [-0.3, -0.25) is 9.79 Å². The lowest BCUT2D eigenvalue weighted by atomic mass is 10.1. The summed E-state index contributed by atoms with van der Waals surface area (Å²) in [6.07, 6.45) is 2.49. The van der Waals surface area contributed by atoms with Crippen LogP contribution < -0.4 is 16.0 Å². The Morgan fingerprint density at radius 3 is 2.41 bits per heavy atom. The first-order chi connectivity index (χ1) is 13.1. The Kier molecular flexibility index (Phi) is 8.29. The molecule has 0 aromatic heterocycles. The molecule has 0 fully saturated rings. The molecule has 1 amide bonds.